The van der Waals surface area contributed by atoms with Gasteiger partial charge in [-0.25, -0.2) is 8.42 Å². The van der Waals surface area contributed by atoms with E-state index >= 15 is 0 Å². The van der Waals surface area contributed by atoms with E-state index in [-0.39, 0.29) is 37.2 Å². The zero-order valence-corrected chi connectivity index (χ0v) is 19.5. The zero-order valence-electron chi connectivity index (χ0n) is 17.1. The van der Waals surface area contributed by atoms with Gasteiger partial charge in [0, 0.05) is 10.9 Å². The maximum atomic E-state index is 13.5. The largest absolute Gasteiger partial charge is 0.486 e. The maximum Gasteiger partial charge on any atom is 0.416 e. The van der Waals surface area contributed by atoms with Gasteiger partial charge in [0.1, 0.15) is 11.9 Å². The monoisotopic (exact) mass is 545 g/mol. The first-order valence-electron chi connectivity index (χ1n) is 9.88. The molecule has 0 saturated heterocycles. The molecule has 4 rings (SSSR count). The van der Waals surface area contributed by atoms with Crippen LogP contribution in [0.5, 0.6) is 5.75 Å². The molecule has 1 heterocycles. The molecule has 1 fully saturated rings. The zero-order chi connectivity index (χ0) is 24.2. The van der Waals surface area contributed by atoms with E-state index in [1.54, 1.807) is 6.07 Å². The summed E-state index contributed by atoms with van der Waals surface area (Å²) in [5, 5.41) is 9.73. The highest BCUT2D eigenvalue weighted by atomic mass is 79.9. The normalized spacial score (nSPS) is 19.9. The van der Waals surface area contributed by atoms with Gasteiger partial charge in [-0.05, 0) is 49.2 Å². The Kier molecular flexibility index (Phi) is 5.76. The summed E-state index contributed by atoms with van der Waals surface area (Å²) in [5.74, 6) is -0.823. The predicted octanol–water partition coefficient (Wildman–Crippen LogP) is 5.24. The number of hydrogen-bond donors (Lipinski definition) is 1. The lowest BCUT2D eigenvalue weighted by Gasteiger charge is -2.44. The van der Waals surface area contributed by atoms with Gasteiger partial charge in [-0.3, -0.25) is 9.10 Å². The van der Waals surface area contributed by atoms with Crippen molar-refractivity contribution >= 4 is 37.6 Å². The van der Waals surface area contributed by atoms with Crippen LogP contribution in [-0.2, 0) is 21.0 Å². The van der Waals surface area contributed by atoms with Crippen LogP contribution in [0.15, 0.2) is 64.0 Å². The second kappa shape index (κ2) is 8.05. The molecule has 0 spiro atoms. The minimum atomic E-state index is -4.71. The highest BCUT2D eigenvalue weighted by molar-refractivity contribution is 9.10. The third kappa shape index (κ3) is 4.35. The average Bonchev–Trinajstić information content (AvgIpc) is 2.71. The van der Waals surface area contributed by atoms with E-state index in [0.717, 1.165) is 28.1 Å². The summed E-state index contributed by atoms with van der Waals surface area (Å²) < 4.78 is 74.0. The standard InChI is InChI=1S/C22H19BrF3NO5S/c1-13-9-21(10-13,20(28)29)11-16-12-27(18-8-15(23)5-6-19(18)32-16)33(30,31)17-4-2-3-14(7-17)22(24,25)26/h2-8,16H,1,9-12H2,(H,28,29)/t16-/m0/s1. The van der Waals surface area contributed by atoms with Gasteiger partial charge in [0.25, 0.3) is 10.0 Å². The van der Waals surface area contributed by atoms with Crippen LogP contribution in [-0.4, -0.2) is 32.1 Å². The number of carboxylic acid groups (broad SMARTS) is 1. The quantitative estimate of drug-likeness (QED) is 0.519. The topological polar surface area (TPSA) is 83.9 Å². The van der Waals surface area contributed by atoms with Crippen molar-refractivity contribution in [3.63, 3.8) is 0 Å². The molecule has 0 amide bonds. The molecule has 176 valence electrons. The van der Waals surface area contributed by atoms with Crippen molar-refractivity contribution in [2.24, 2.45) is 5.41 Å². The summed E-state index contributed by atoms with van der Waals surface area (Å²) in [7, 11) is -4.42. The molecule has 0 aromatic heterocycles. The number of fused-ring (bicyclic) bond motifs is 1. The lowest BCUT2D eigenvalue weighted by Crippen LogP contribution is -2.49. The number of benzene rings is 2. The number of alkyl halides is 3. The Morgan fingerprint density at radius 2 is 1.94 bits per heavy atom. The number of nitrogens with zero attached hydrogens (tertiary/aromatic N) is 1. The van der Waals surface area contributed by atoms with Gasteiger partial charge in [0.05, 0.1) is 28.1 Å². The molecule has 2 aliphatic rings. The highest BCUT2D eigenvalue weighted by Gasteiger charge is 2.50. The smallest absolute Gasteiger partial charge is 0.416 e. The van der Waals surface area contributed by atoms with Gasteiger partial charge in [0.15, 0.2) is 0 Å². The van der Waals surface area contributed by atoms with Crippen LogP contribution in [0.3, 0.4) is 0 Å². The molecule has 2 aromatic carbocycles. The van der Waals surface area contributed by atoms with E-state index in [0.29, 0.717) is 10.5 Å². The number of aliphatic carboxylic acids is 1. The minimum Gasteiger partial charge on any atom is -0.486 e. The number of allylic oxidation sites excluding steroid dienone is 1. The molecule has 1 atom stereocenters. The molecule has 6 nitrogen and oxygen atoms in total. The number of carboxylic acids is 1. The molecule has 0 unspecified atom stereocenters. The average molecular weight is 546 g/mol. The molecule has 11 heteroatoms. The number of rotatable bonds is 5. The number of halogens is 4. The summed E-state index contributed by atoms with van der Waals surface area (Å²) in [6, 6.07) is 8.19. The molecule has 0 bridgehead atoms. The Labute approximate surface area is 196 Å². The maximum absolute atomic E-state index is 13.5. The first kappa shape index (κ1) is 23.6. The number of sulfonamides is 1. The van der Waals surface area contributed by atoms with Gasteiger partial charge < -0.3 is 9.84 Å². The van der Waals surface area contributed by atoms with Gasteiger partial charge in [-0.15, -0.1) is 0 Å². The molecule has 1 aliphatic carbocycles. The Morgan fingerprint density at radius 1 is 1.24 bits per heavy atom. The van der Waals surface area contributed by atoms with Gasteiger partial charge in [-0.2, -0.15) is 13.2 Å². The van der Waals surface area contributed by atoms with E-state index in [1.165, 1.54) is 12.1 Å². The summed E-state index contributed by atoms with van der Waals surface area (Å²) in [5.41, 5.74) is -1.26. The van der Waals surface area contributed by atoms with Crippen molar-refractivity contribution in [3.05, 3.63) is 64.7 Å². The van der Waals surface area contributed by atoms with Crippen LogP contribution in [0.25, 0.3) is 0 Å². The Bertz CT molecular complexity index is 1240. The van der Waals surface area contributed by atoms with Crippen molar-refractivity contribution < 1.29 is 36.2 Å². The van der Waals surface area contributed by atoms with Crippen LogP contribution in [0.4, 0.5) is 18.9 Å². The molecule has 33 heavy (non-hydrogen) atoms. The third-order valence-electron chi connectivity index (χ3n) is 5.85. The first-order valence-corrected chi connectivity index (χ1v) is 12.1. The fourth-order valence-electron chi connectivity index (χ4n) is 4.30. The van der Waals surface area contributed by atoms with Gasteiger partial charge in [-0.1, -0.05) is 34.1 Å². The van der Waals surface area contributed by atoms with E-state index in [2.05, 4.69) is 22.5 Å². The second-order valence-corrected chi connectivity index (χ2v) is 11.1. The molecule has 2 aromatic rings. The third-order valence-corrected chi connectivity index (χ3v) is 8.12. The SMILES string of the molecule is C=C1CC(C[C@H]2CN(S(=O)(=O)c3cccc(C(F)(F)F)c3)c3cc(Br)ccc3O2)(C(=O)O)C1. The molecule has 1 N–H and O–H groups in total. The number of carbonyl (C=O) groups is 1. The van der Waals surface area contributed by atoms with E-state index in [4.69, 9.17) is 4.74 Å². The van der Waals surface area contributed by atoms with Gasteiger partial charge in [0.2, 0.25) is 0 Å². The summed E-state index contributed by atoms with van der Waals surface area (Å²) >= 11 is 3.28. The summed E-state index contributed by atoms with van der Waals surface area (Å²) in [6.45, 7) is 3.54. The molecule has 1 aliphatic heterocycles. The Balaban J connectivity index is 1.74. The van der Waals surface area contributed by atoms with Crippen molar-refractivity contribution in [3.8, 4) is 5.75 Å². The predicted molar refractivity (Wildman–Crippen MR) is 118 cm³/mol. The first-order chi connectivity index (χ1) is 15.3. The fraction of sp³-hybridized carbons (Fsp3) is 0.318. The van der Waals surface area contributed by atoms with Crippen LogP contribution >= 0.6 is 15.9 Å². The van der Waals surface area contributed by atoms with Crippen LogP contribution < -0.4 is 9.04 Å². The second-order valence-electron chi connectivity index (χ2n) is 8.31. The van der Waals surface area contributed by atoms with E-state index in [9.17, 15) is 31.5 Å². The van der Waals surface area contributed by atoms with Crippen LogP contribution in [0.2, 0.25) is 0 Å². The summed E-state index contributed by atoms with van der Waals surface area (Å²) in [6.07, 6.45) is -4.97. The molecular formula is C22H19BrF3NO5S. The fourth-order valence-corrected chi connectivity index (χ4v) is 6.20. The summed E-state index contributed by atoms with van der Waals surface area (Å²) in [4.78, 5) is 11.4. The van der Waals surface area contributed by atoms with Crippen LogP contribution in [0, 0.1) is 5.41 Å². The van der Waals surface area contributed by atoms with Gasteiger partial charge >= 0.3 is 12.1 Å². The van der Waals surface area contributed by atoms with Crippen molar-refractivity contribution in [2.75, 3.05) is 10.8 Å². The van der Waals surface area contributed by atoms with E-state index < -0.39 is 44.1 Å². The Hall–Kier alpha value is -2.53. The molecular weight excluding hydrogens is 527 g/mol. The van der Waals surface area contributed by atoms with Crippen LogP contribution in [0.1, 0.15) is 24.8 Å². The Morgan fingerprint density at radius 3 is 2.55 bits per heavy atom. The number of hydrogen-bond acceptors (Lipinski definition) is 4. The molecule has 0 radical (unpaired) electrons. The lowest BCUT2D eigenvalue weighted by molar-refractivity contribution is -0.153. The van der Waals surface area contributed by atoms with E-state index in [1.807, 2.05) is 0 Å². The highest BCUT2D eigenvalue weighted by Crippen LogP contribution is 2.50. The minimum absolute atomic E-state index is 0.0332. The molecule has 1 saturated carbocycles. The number of anilines is 1. The van der Waals surface area contributed by atoms with Crippen molar-refractivity contribution in [1.82, 2.24) is 0 Å². The van der Waals surface area contributed by atoms with Crippen molar-refractivity contribution in [2.45, 2.75) is 36.4 Å². The van der Waals surface area contributed by atoms with Crippen molar-refractivity contribution in [1.29, 1.82) is 0 Å². The number of ether oxygens (including phenoxy) is 1. The lowest BCUT2D eigenvalue weighted by atomic mass is 9.63.